The number of para-hydroxylation sites is 1. The molecular formula is C14H10Cl2O6. The Labute approximate surface area is 134 Å². The van der Waals surface area contributed by atoms with Crippen LogP contribution in [0.25, 0.3) is 0 Å². The quantitative estimate of drug-likeness (QED) is 0.662. The van der Waals surface area contributed by atoms with E-state index in [4.69, 9.17) is 43.6 Å². The summed E-state index contributed by atoms with van der Waals surface area (Å²) >= 11 is 10.9. The molecule has 4 N–H and O–H groups in total. The Balaban J connectivity index is 0.000000220. The van der Waals surface area contributed by atoms with E-state index in [0.717, 1.165) is 0 Å². The Hall–Kier alpha value is -2.44. The highest BCUT2D eigenvalue weighted by atomic mass is 35.5. The van der Waals surface area contributed by atoms with E-state index in [1.54, 1.807) is 0 Å². The second kappa shape index (κ2) is 7.53. The lowest BCUT2D eigenvalue weighted by Crippen LogP contribution is -1.95. The molecule has 6 nitrogen and oxygen atoms in total. The van der Waals surface area contributed by atoms with Gasteiger partial charge in [-0.3, -0.25) is 0 Å². The number of benzene rings is 2. The normalized spacial score (nSPS) is 9.55. The summed E-state index contributed by atoms with van der Waals surface area (Å²) in [4.78, 5) is 20.7. The van der Waals surface area contributed by atoms with Crippen LogP contribution in [0.2, 0.25) is 10.0 Å². The lowest BCUT2D eigenvalue weighted by molar-refractivity contribution is 0.0682. The molecule has 0 radical (unpaired) electrons. The molecule has 0 aromatic heterocycles. The minimum absolute atomic E-state index is 0.0462. The van der Waals surface area contributed by atoms with Gasteiger partial charge in [0.1, 0.15) is 22.6 Å². The van der Waals surface area contributed by atoms with Crippen molar-refractivity contribution in [2.75, 3.05) is 0 Å². The zero-order valence-electron chi connectivity index (χ0n) is 10.8. The van der Waals surface area contributed by atoms with Gasteiger partial charge in [0.05, 0.1) is 5.02 Å². The van der Waals surface area contributed by atoms with Gasteiger partial charge in [0.15, 0.2) is 0 Å². The van der Waals surface area contributed by atoms with E-state index in [1.807, 2.05) is 0 Å². The molecule has 0 heterocycles. The number of aromatic hydroxyl groups is 2. The number of phenols is 2. The average Bonchev–Trinajstić information content (AvgIpc) is 2.41. The number of hydrogen-bond acceptors (Lipinski definition) is 4. The number of carboxylic acids is 2. The van der Waals surface area contributed by atoms with E-state index in [9.17, 15) is 9.59 Å². The Morgan fingerprint density at radius 3 is 1.91 bits per heavy atom. The van der Waals surface area contributed by atoms with Gasteiger partial charge < -0.3 is 20.4 Å². The zero-order valence-corrected chi connectivity index (χ0v) is 12.3. The first-order chi connectivity index (χ1) is 10.2. The highest BCUT2D eigenvalue weighted by Gasteiger charge is 2.10. The Morgan fingerprint density at radius 2 is 1.45 bits per heavy atom. The summed E-state index contributed by atoms with van der Waals surface area (Å²) in [7, 11) is 0. The van der Waals surface area contributed by atoms with Crippen LogP contribution in [0, 0.1) is 0 Å². The first-order valence-electron chi connectivity index (χ1n) is 5.66. The number of carboxylic acid groups (broad SMARTS) is 2. The molecule has 0 aliphatic heterocycles. The van der Waals surface area contributed by atoms with Crippen LogP contribution in [0.1, 0.15) is 20.7 Å². The van der Waals surface area contributed by atoms with Crippen LogP contribution in [0.3, 0.4) is 0 Å². The SMILES string of the molecule is O=C(O)c1ccc(Cl)cc1O.O=C(O)c1cccc(Cl)c1O. The van der Waals surface area contributed by atoms with Gasteiger partial charge in [0, 0.05) is 5.02 Å². The molecule has 0 saturated heterocycles. The van der Waals surface area contributed by atoms with E-state index in [-0.39, 0.29) is 27.6 Å². The van der Waals surface area contributed by atoms with Crippen LogP contribution in [0.15, 0.2) is 36.4 Å². The summed E-state index contributed by atoms with van der Waals surface area (Å²) in [5.41, 5.74) is -0.327. The summed E-state index contributed by atoms with van der Waals surface area (Å²) in [6, 6.07) is 8.01. The highest BCUT2D eigenvalue weighted by molar-refractivity contribution is 6.32. The predicted octanol–water partition coefficient (Wildman–Crippen LogP) is 3.49. The van der Waals surface area contributed by atoms with Crippen molar-refractivity contribution in [3.05, 3.63) is 57.6 Å². The summed E-state index contributed by atoms with van der Waals surface area (Å²) in [6.07, 6.45) is 0. The van der Waals surface area contributed by atoms with Crippen molar-refractivity contribution >= 4 is 35.1 Å². The van der Waals surface area contributed by atoms with Crippen LogP contribution in [-0.4, -0.2) is 32.4 Å². The molecule has 2 aromatic rings. The van der Waals surface area contributed by atoms with Gasteiger partial charge in [0.25, 0.3) is 0 Å². The molecule has 0 atom stereocenters. The molecule has 22 heavy (non-hydrogen) atoms. The van der Waals surface area contributed by atoms with E-state index in [0.29, 0.717) is 5.02 Å². The van der Waals surface area contributed by atoms with Crippen molar-refractivity contribution < 1.29 is 30.0 Å². The molecule has 0 amide bonds. The second-order valence-electron chi connectivity index (χ2n) is 3.91. The minimum Gasteiger partial charge on any atom is -0.507 e. The summed E-state index contributed by atoms with van der Waals surface area (Å²) in [6.45, 7) is 0. The van der Waals surface area contributed by atoms with Gasteiger partial charge in [-0.15, -0.1) is 0 Å². The summed E-state index contributed by atoms with van der Waals surface area (Å²) in [5, 5.41) is 35.3. The van der Waals surface area contributed by atoms with Gasteiger partial charge in [-0.05, 0) is 30.3 Å². The second-order valence-corrected chi connectivity index (χ2v) is 4.75. The van der Waals surface area contributed by atoms with Crippen LogP contribution in [-0.2, 0) is 0 Å². The van der Waals surface area contributed by atoms with Crippen LogP contribution in [0.5, 0.6) is 11.5 Å². The van der Waals surface area contributed by atoms with Crippen LogP contribution < -0.4 is 0 Å². The maximum absolute atomic E-state index is 10.4. The standard InChI is InChI=1S/2C7H5ClO3/c8-4-1-2-5(7(10)11)6(9)3-4;8-5-3-1-2-4(6(5)9)7(10)11/h2*1-3,9H,(H,10,11). The third-order valence-corrected chi connectivity index (χ3v) is 2.95. The number of hydrogen-bond donors (Lipinski definition) is 4. The Bertz CT molecular complexity index is 714. The van der Waals surface area contributed by atoms with Gasteiger partial charge >= 0.3 is 11.9 Å². The van der Waals surface area contributed by atoms with Crippen molar-refractivity contribution in [3.63, 3.8) is 0 Å². The molecule has 8 heteroatoms. The largest absolute Gasteiger partial charge is 0.507 e. The molecule has 2 rings (SSSR count). The van der Waals surface area contributed by atoms with Crippen molar-refractivity contribution in [1.82, 2.24) is 0 Å². The van der Waals surface area contributed by atoms with E-state index < -0.39 is 11.9 Å². The average molecular weight is 345 g/mol. The predicted molar refractivity (Wildman–Crippen MR) is 80.2 cm³/mol. The summed E-state index contributed by atoms with van der Waals surface area (Å²) < 4.78 is 0. The van der Waals surface area contributed by atoms with Crippen molar-refractivity contribution in [1.29, 1.82) is 0 Å². The van der Waals surface area contributed by atoms with Gasteiger partial charge in [-0.25, -0.2) is 9.59 Å². The van der Waals surface area contributed by atoms with Gasteiger partial charge in [-0.1, -0.05) is 29.3 Å². The topological polar surface area (TPSA) is 115 Å². The Kier molecular flexibility index (Phi) is 6.03. The molecule has 0 saturated carbocycles. The maximum Gasteiger partial charge on any atom is 0.339 e. The third kappa shape index (κ3) is 4.54. The van der Waals surface area contributed by atoms with Crippen molar-refractivity contribution in [2.24, 2.45) is 0 Å². The Morgan fingerprint density at radius 1 is 0.864 bits per heavy atom. The van der Waals surface area contributed by atoms with E-state index in [2.05, 4.69) is 0 Å². The van der Waals surface area contributed by atoms with Gasteiger partial charge in [0.2, 0.25) is 0 Å². The number of rotatable bonds is 2. The molecule has 0 aliphatic carbocycles. The zero-order chi connectivity index (χ0) is 16.9. The number of carbonyl (C=O) groups is 2. The number of aromatic carboxylic acids is 2. The number of halogens is 2. The first kappa shape index (κ1) is 17.6. The van der Waals surface area contributed by atoms with Crippen molar-refractivity contribution in [3.8, 4) is 11.5 Å². The molecule has 2 aromatic carbocycles. The molecule has 0 fully saturated rings. The van der Waals surface area contributed by atoms with E-state index >= 15 is 0 Å². The van der Waals surface area contributed by atoms with Crippen LogP contribution in [0.4, 0.5) is 0 Å². The monoisotopic (exact) mass is 344 g/mol. The fourth-order valence-electron chi connectivity index (χ4n) is 1.37. The molecule has 116 valence electrons. The van der Waals surface area contributed by atoms with E-state index in [1.165, 1.54) is 36.4 Å². The fraction of sp³-hybridized carbons (Fsp3) is 0. The molecular weight excluding hydrogens is 335 g/mol. The maximum atomic E-state index is 10.4. The fourth-order valence-corrected chi connectivity index (χ4v) is 1.71. The summed E-state index contributed by atoms with van der Waals surface area (Å²) in [5.74, 6) is -3.06. The minimum atomic E-state index is -1.19. The van der Waals surface area contributed by atoms with Gasteiger partial charge in [-0.2, -0.15) is 0 Å². The molecule has 0 unspecified atom stereocenters. The lowest BCUT2D eigenvalue weighted by atomic mass is 10.2. The first-order valence-corrected chi connectivity index (χ1v) is 6.42. The smallest absolute Gasteiger partial charge is 0.339 e. The van der Waals surface area contributed by atoms with Crippen LogP contribution >= 0.6 is 23.2 Å². The highest BCUT2D eigenvalue weighted by Crippen LogP contribution is 2.26. The third-order valence-electron chi connectivity index (χ3n) is 2.41. The molecule has 0 bridgehead atoms. The lowest BCUT2D eigenvalue weighted by Gasteiger charge is -1.99. The van der Waals surface area contributed by atoms with Crippen molar-refractivity contribution in [2.45, 2.75) is 0 Å². The molecule has 0 spiro atoms. The molecule has 0 aliphatic rings.